The second-order valence-corrected chi connectivity index (χ2v) is 11.5. The van der Waals surface area contributed by atoms with Crippen LogP contribution >= 0.6 is 0 Å². The van der Waals surface area contributed by atoms with E-state index in [2.05, 4.69) is 34.6 Å². The van der Waals surface area contributed by atoms with Crippen molar-refractivity contribution < 1.29 is 13.9 Å². The van der Waals surface area contributed by atoms with E-state index >= 15 is 0 Å². The largest absolute Gasteiger partial charge is 0.417 e. The molecule has 4 unspecified atom stereocenters. The standard InChI is InChI=1S/C17H34O3Si/c1-7-17(18-6,11-19-21(12(2)3)13(4)5)14-8-9-15-16(10-14)20-15/h12-16,21H,7-11H2,1-6H3. The predicted octanol–water partition coefficient (Wildman–Crippen LogP) is 3.91. The SMILES string of the molecule is CCC(CO[SiH](C(C)C)C(C)C)(OC)C1CCC2OC2C1. The van der Waals surface area contributed by atoms with Crippen LogP contribution in [0.1, 0.15) is 60.3 Å². The van der Waals surface area contributed by atoms with E-state index in [0.717, 1.165) is 19.4 Å². The van der Waals surface area contributed by atoms with Crippen LogP contribution in [-0.4, -0.2) is 40.6 Å². The van der Waals surface area contributed by atoms with E-state index in [0.29, 0.717) is 29.2 Å². The maximum absolute atomic E-state index is 6.49. The fourth-order valence-electron chi connectivity index (χ4n) is 4.15. The topological polar surface area (TPSA) is 31.0 Å². The zero-order chi connectivity index (χ0) is 15.6. The average molecular weight is 315 g/mol. The van der Waals surface area contributed by atoms with Crippen molar-refractivity contribution in [3.05, 3.63) is 0 Å². The highest BCUT2D eigenvalue weighted by atomic mass is 28.3. The van der Waals surface area contributed by atoms with E-state index in [1.54, 1.807) is 0 Å². The highest BCUT2D eigenvalue weighted by molar-refractivity contribution is 6.54. The van der Waals surface area contributed by atoms with Gasteiger partial charge in [-0.3, -0.25) is 0 Å². The van der Waals surface area contributed by atoms with Crippen LogP contribution in [0.4, 0.5) is 0 Å². The van der Waals surface area contributed by atoms with Gasteiger partial charge in [0.2, 0.25) is 0 Å². The highest BCUT2D eigenvalue weighted by Gasteiger charge is 2.50. The minimum Gasteiger partial charge on any atom is -0.417 e. The molecule has 0 aromatic rings. The van der Waals surface area contributed by atoms with E-state index in [-0.39, 0.29) is 5.60 Å². The van der Waals surface area contributed by atoms with E-state index in [1.807, 2.05) is 7.11 Å². The third-order valence-electron chi connectivity index (χ3n) is 5.59. The Bertz CT molecular complexity index is 320. The van der Waals surface area contributed by atoms with Gasteiger partial charge >= 0.3 is 0 Å². The van der Waals surface area contributed by atoms with Crippen molar-refractivity contribution in [2.24, 2.45) is 5.92 Å². The molecule has 2 rings (SSSR count). The summed E-state index contributed by atoms with van der Waals surface area (Å²) in [6, 6.07) is 0. The van der Waals surface area contributed by atoms with Gasteiger partial charge in [-0.25, -0.2) is 0 Å². The van der Waals surface area contributed by atoms with Gasteiger partial charge < -0.3 is 13.9 Å². The zero-order valence-electron chi connectivity index (χ0n) is 14.7. The van der Waals surface area contributed by atoms with Crippen LogP contribution in [0.2, 0.25) is 11.1 Å². The molecule has 21 heavy (non-hydrogen) atoms. The summed E-state index contributed by atoms with van der Waals surface area (Å²) in [5.74, 6) is 0.588. The number of epoxide rings is 1. The summed E-state index contributed by atoms with van der Waals surface area (Å²) in [6.07, 6.45) is 5.68. The van der Waals surface area contributed by atoms with Gasteiger partial charge in [0.15, 0.2) is 9.04 Å². The summed E-state index contributed by atoms with van der Waals surface area (Å²) < 4.78 is 18.2. The molecule has 1 saturated carbocycles. The third-order valence-corrected chi connectivity index (χ3v) is 8.77. The Morgan fingerprint density at radius 2 is 1.81 bits per heavy atom. The Kier molecular flexibility index (Phi) is 5.91. The second-order valence-electron chi connectivity index (χ2n) is 7.61. The van der Waals surface area contributed by atoms with Gasteiger partial charge in [-0.2, -0.15) is 0 Å². The van der Waals surface area contributed by atoms with Crippen molar-refractivity contribution >= 4 is 9.04 Å². The first kappa shape index (κ1) is 17.5. The maximum Gasteiger partial charge on any atom is 0.182 e. The van der Waals surface area contributed by atoms with Gasteiger partial charge in [-0.05, 0) is 42.7 Å². The van der Waals surface area contributed by atoms with E-state index in [1.165, 1.54) is 12.8 Å². The quantitative estimate of drug-likeness (QED) is 0.503. The van der Waals surface area contributed by atoms with Crippen molar-refractivity contribution in [2.45, 2.75) is 89.2 Å². The molecule has 1 heterocycles. The van der Waals surface area contributed by atoms with Crippen molar-refractivity contribution in [1.29, 1.82) is 0 Å². The molecule has 0 N–H and O–H groups in total. The summed E-state index contributed by atoms with van der Waals surface area (Å²) in [7, 11) is 0.690. The van der Waals surface area contributed by atoms with E-state index in [9.17, 15) is 0 Å². The maximum atomic E-state index is 6.49. The number of hydrogen-bond donors (Lipinski definition) is 0. The summed E-state index contributed by atoms with van der Waals surface area (Å²) in [6.45, 7) is 12.2. The Morgan fingerprint density at radius 1 is 1.14 bits per heavy atom. The number of fused-ring (bicyclic) bond motifs is 1. The molecular weight excluding hydrogens is 280 g/mol. The minimum absolute atomic E-state index is 0.105. The fourth-order valence-corrected chi connectivity index (χ4v) is 6.94. The lowest BCUT2D eigenvalue weighted by molar-refractivity contribution is -0.0984. The fraction of sp³-hybridized carbons (Fsp3) is 1.00. The van der Waals surface area contributed by atoms with Gasteiger partial charge in [0.1, 0.15) is 0 Å². The Morgan fingerprint density at radius 3 is 2.29 bits per heavy atom. The smallest absolute Gasteiger partial charge is 0.182 e. The minimum atomic E-state index is -1.18. The van der Waals surface area contributed by atoms with Gasteiger partial charge in [-0.1, -0.05) is 34.6 Å². The van der Waals surface area contributed by atoms with Crippen LogP contribution in [0.15, 0.2) is 0 Å². The molecule has 0 aromatic heterocycles. The van der Waals surface area contributed by atoms with Crippen LogP contribution in [-0.2, 0) is 13.9 Å². The molecule has 0 aromatic carbocycles. The molecule has 3 nitrogen and oxygen atoms in total. The Labute approximate surface area is 132 Å². The number of rotatable bonds is 8. The molecule has 2 fully saturated rings. The highest BCUT2D eigenvalue weighted by Crippen LogP contribution is 2.45. The molecular formula is C17H34O3Si. The molecule has 2 aliphatic rings. The molecule has 1 saturated heterocycles. The van der Waals surface area contributed by atoms with Crippen molar-refractivity contribution in [3.63, 3.8) is 0 Å². The summed E-state index contributed by atoms with van der Waals surface area (Å²) in [5, 5.41) is 0. The van der Waals surface area contributed by atoms with Crippen molar-refractivity contribution in [2.75, 3.05) is 13.7 Å². The van der Waals surface area contributed by atoms with Crippen molar-refractivity contribution in [1.82, 2.24) is 0 Å². The lowest BCUT2D eigenvalue weighted by atomic mass is 9.76. The van der Waals surface area contributed by atoms with E-state index < -0.39 is 9.04 Å². The zero-order valence-corrected chi connectivity index (χ0v) is 15.9. The number of methoxy groups -OCH3 is 1. The monoisotopic (exact) mass is 314 g/mol. The van der Waals surface area contributed by atoms with Crippen LogP contribution in [0.25, 0.3) is 0 Å². The average Bonchev–Trinajstić information content (AvgIpc) is 3.21. The van der Waals surface area contributed by atoms with Gasteiger partial charge in [0.05, 0.1) is 24.4 Å². The molecule has 0 amide bonds. The summed E-state index contributed by atoms with van der Waals surface area (Å²) >= 11 is 0. The summed E-state index contributed by atoms with van der Waals surface area (Å²) in [4.78, 5) is 0. The normalized spacial score (nSPS) is 31.6. The molecule has 0 radical (unpaired) electrons. The lowest BCUT2D eigenvalue weighted by Gasteiger charge is -2.41. The van der Waals surface area contributed by atoms with Gasteiger partial charge in [0.25, 0.3) is 0 Å². The first-order valence-corrected chi connectivity index (χ1v) is 10.6. The van der Waals surface area contributed by atoms with E-state index in [4.69, 9.17) is 13.9 Å². The molecule has 0 spiro atoms. The molecule has 1 aliphatic carbocycles. The van der Waals surface area contributed by atoms with Crippen molar-refractivity contribution in [3.8, 4) is 0 Å². The molecule has 0 bridgehead atoms. The molecule has 1 aliphatic heterocycles. The van der Waals surface area contributed by atoms with Crippen LogP contribution in [0.5, 0.6) is 0 Å². The number of hydrogen-bond acceptors (Lipinski definition) is 3. The Hall–Kier alpha value is 0.0969. The Balaban J connectivity index is 1.99. The van der Waals surface area contributed by atoms with Crippen LogP contribution in [0.3, 0.4) is 0 Å². The molecule has 124 valence electrons. The van der Waals surface area contributed by atoms with Crippen LogP contribution in [0, 0.1) is 5.92 Å². The summed E-state index contributed by atoms with van der Waals surface area (Å²) in [5.41, 5.74) is 1.25. The molecule has 4 atom stereocenters. The lowest BCUT2D eigenvalue weighted by Crippen LogP contribution is -2.47. The van der Waals surface area contributed by atoms with Gasteiger partial charge in [-0.15, -0.1) is 0 Å². The van der Waals surface area contributed by atoms with Gasteiger partial charge in [0, 0.05) is 7.11 Å². The second kappa shape index (κ2) is 7.11. The number of ether oxygens (including phenoxy) is 2. The first-order valence-electron chi connectivity index (χ1n) is 8.75. The first-order chi connectivity index (χ1) is 9.93. The predicted molar refractivity (Wildman–Crippen MR) is 89.3 cm³/mol. The third kappa shape index (κ3) is 3.90. The molecule has 4 heteroatoms. The van der Waals surface area contributed by atoms with Crippen LogP contribution < -0.4 is 0 Å².